The van der Waals surface area contributed by atoms with Crippen molar-refractivity contribution in [1.29, 1.82) is 0 Å². The second-order valence-corrected chi connectivity index (χ2v) is 17.1. The molecule has 4 aliphatic rings. The molecule has 12 heteroatoms. The Balaban J connectivity index is 0.000000167. The summed E-state index contributed by atoms with van der Waals surface area (Å²) in [6.07, 6.45) is 10.7. The Kier molecular flexibility index (Phi) is 12.6. The fraction of sp³-hybridized carbons (Fsp3) is 0.341. The number of fused-ring (bicyclic) bond motifs is 4. The summed E-state index contributed by atoms with van der Waals surface area (Å²) in [7, 11) is 0. The van der Waals surface area contributed by atoms with Gasteiger partial charge in [0.2, 0.25) is 0 Å². The van der Waals surface area contributed by atoms with Crippen molar-refractivity contribution in [3.05, 3.63) is 134 Å². The Morgan fingerprint density at radius 3 is 1.60 bits per heavy atom. The van der Waals surface area contributed by atoms with E-state index in [1.165, 1.54) is 33.4 Å². The molecule has 0 spiro atoms. The number of pyridine rings is 2. The van der Waals surface area contributed by atoms with Gasteiger partial charge in [-0.3, -0.25) is 9.97 Å². The molecule has 0 unspecified atom stereocenters. The predicted octanol–water partition coefficient (Wildman–Crippen LogP) is 11.7. The van der Waals surface area contributed by atoms with Crippen LogP contribution in [0.3, 0.4) is 0 Å². The third-order valence-corrected chi connectivity index (χ3v) is 12.1. The highest BCUT2D eigenvalue weighted by atomic mass is 79.9. The number of benzene rings is 2. The predicted molar refractivity (Wildman–Crippen MR) is 224 cm³/mol. The summed E-state index contributed by atoms with van der Waals surface area (Å²) in [5.41, 5.74) is 14.1. The number of hydrogen-bond donors (Lipinski definition) is 1. The first-order valence-electron chi connectivity index (χ1n) is 17.9. The van der Waals surface area contributed by atoms with E-state index in [0.29, 0.717) is 34.8 Å². The number of amides is 1. The first kappa shape index (κ1) is 38.8. The standard InChI is InChI=1S/C22H21BrCl2N2O2.C19H17BrCl2N2/c1-2-29-22(28)27-7-5-13(6-8-27)20-19-14(10-17(24)11-18(19)25)3-4-15-9-16(23)12-26-21(15)20;20-14-7-13-2-1-12-8-15(21)9-16(22)17(12)18(19(13)24-10-14)11-3-5-23-6-4-11/h9-12H,2-8H2,1H3;7-10,23H,1-6H2. The summed E-state index contributed by atoms with van der Waals surface area (Å²) >= 11 is 33.1. The molecule has 2 fully saturated rings. The van der Waals surface area contributed by atoms with Crippen LogP contribution < -0.4 is 5.32 Å². The van der Waals surface area contributed by atoms with Crippen LogP contribution in [-0.2, 0) is 30.4 Å². The van der Waals surface area contributed by atoms with Crippen LogP contribution in [-0.4, -0.2) is 53.7 Å². The van der Waals surface area contributed by atoms with Gasteiger partial charge in [0, 0.05) is 66.7 Å². The molecular formula is C41H38Br2Cl4N4O2. The van der Waals surface area contributed by atoms with Crippen LogP contribution in [0, 0.1) is 0 Å². The second kappa shape index (κ2) is 17.2. The van der Waals surface area contributed by atoms with Crippen molar-refractivity contribution in [2.24, 2.45) is 0 Å². The number of piperidine rings is 2. The summed E-state index contributed by atoms with van der Waals surface area (Å²) in [4.78, 5) is 23.4. The Labute approximate surface area is 347 Å². The molecule has 2 aliphatic carbocycles. The number of nitrogens with one attached hydrogen (secondary N) is 1. The van der Waals surface area contributed by atoms with E-state index in [-0.39, 0.29) is 6.09 Å². The van der Waals surface area contributed by atoms with Crippen LogP contribution in [0.2, 0.25) is 20.1 Å². The van der Waals surface area contributed by atoms with E-state index < -0.39 is 0 Å². The lowest BCUT2D eigenvalue weighted by Crippen LogP contribution is -2.37. The molecule has 0 atom stereocenters. The third-order valence-electron chi connectivity index (χ3n) is 10.2. The maximum absolute atomic E-state index is 12.1. The normalized spacial score (nSPS) is 16.7. The average molecular weight is 920 g/mol. The molecule has 1 amide bonds. The summed E-state index contributed by atoms with van der Waals surface area (Å²) in [5, 5.41) is 6.17. The van der Waals surface area contributed by atoms with E-state index in [9.17, 15) is 4.79 Å². The Bertz CT molecular complexity index is 2140. The Morgan fingerprint density at radius 2 is 1.13 bits per heavy atom. The SMILES string of the molecule is CCOC(=O)N1CCC(=C2c3ncc(Br)cc3CCc3cc(Cl)cc(Cl)c32)CC1.Clc1cc(Cl)c2c(c1)CCc1cc(Br)cnc1C2=C1CCNCC1. The number of ether oxygens (including phenoxy) is 1. The molecule has 2 aliphatic heterocycles. The number of carbonyl (C=O) groups excluding carboxylic acids is 1. The van der Waals surface area contributed by atoms with Gasteiger partial charge in [-0.25, -0.2) is 4.79 Å². The van der Waals surface area contributed by atoms with Gasteiger partial charge in [-0.15, -0.1) is 0 Å². The average Bonchev–Trinajstić information content (AvgIpc) is 3.40. The number of aromatic nitrogens is 2. The number of carbonyl (C=O) groups is 1. The molecule has 8 rings (SSSR count). The Morgan fingerprint density at radius 1 is 0.679 bits per heavy atom. The van der Waals surface area contributed by atoms with Crippen LogP contribution in [0.5, 0.6) is 0 Å². The molecule has 4 heterocycles. The molecule has 1 N–H and O–H groups in total. The van der Waals surface area contributed by atoms with Crippen LogP contribution >= 0.6 is 78.3 Å². The van der Waals surface area contributed by atoms with Gasteiger partial charge in [-0.1, -0.05) is 57.5 Å². The number of aryl methyl sites for hydroxylation is 4. The van der Waals surface area contributed by atoms with E-state index in [4.69, 9.17) is 61.1 Å². The van der Waals surface area contributed by atoms with E-state index in [2.05, 4.69) is 55.4 Å². The highest BCUT2D eigenvalue weighted by molar-refractivity contribution is 9.10. The van der Waals surface area contributed by atoms with E-state index >= 15 is 0 Å². The maximum atomic E-state index is 12.1. The lowest BCUT2D eigenvalue weighted by atomic mass is 9.88. The minimum absolute atomic E-state index is 0.245. The first-order valence-corrected chi connectivity index (χ1v) is 21.0. The largest absolute Gasteiger partial charge is 0.450 e. The summed E-state index contributed by atoms with van der Waals surface area (Å²) < 4.78 is 7.14. The molecule has 2 aromatic carbocycles. The van der Waals surface area contributed by atoms with Crippen molar-refractivity contribution in [2.45, 2.75) is 58.3 Å². The lowest BCUT2D eigenvalue weighted by molar-refractivity contribution is 0.104. The molecule has 276 valence electrons. The van der Waals surface area contributed by atoms with Gasteiger partial charge in [0.1, 0.15) is 0 Å². The molecule has 53 heavy (non-hydrogen) atoms. The van der Waals surface area contributed by atoms with Gasteiger partial charge < -0.3 is 15.0 Å². The van der Waals surface area contributed by atoms with Gasteiger partial charge in [0.05, 0.1) is 28.0 Å². The molecule has 2 aromatic heterocycles. The second-order valence-electron chi connectivity index (χ2n) is 13.6. The topological polar surface area (TPSA) is 67.3 Å². The van der Waals surface area contributed by atoms with E-state index in [1.807, 2.05) is 31.5 Å². The van der Waals surface area contributed by atoms with Gasteiger partial charge >= 0.3 is 6.09 Å². The highest BCUT2D eigenvalue weighted by Crippen LogP contribution is 2.44. The van der Waals surface area contributed by atoms with Crippen molar-refractivity contribution in [2.75, 3.05) is 32.8 Å². The van der Waals surface area contributed by atoms with Crippen LogP contribution in [0.4, 0.5) is 4.79 Å². The number of hydrogen-bond acceptors (Lipinski definition) is 5. The number of halogens is 6. The van der Waals surface area contributed by atoms with Crippen LogP contribution in [0.1, 0.15) is 77.4 Å². The highest BCUT2D eigenvalue weighted by Gasteiger charge is 2.29. The van der Waals surface area contributed by atoms with Crippen molar-refractivity contribution in [1.82, 2.24) is 20.2 Å². The maximum Gasteiger partial charge on any atom is 0.409 e. The monoisotopic (exact) mass is 916 g/mol. The van der Waals surface area contributed by atoms with Crippen LogP contribution in [0.15, 0.2) is 68.9 Å². The van der Waals surface area contributed by atoms with Gasteiger partial charge in [0.15, 0.2) is 0 Å². The molecule has 6 nitrogen and oxygen atoms in total. The zero-order valence-electron chi connectivity index (χ0n) is 29.2. The minimum Gasteiger partial charge on any atom is -0.450 e. The smallest absolute Gasteiger partial charge is 0.409 e. The van der Waals surface area contributed by atoms with Gasteiger partial charge in [-0.05, 0) is 162 Å². The summed E-state index contributed by atoms with van der Waals surface area (Å²) in [6, 6.07) is 12.1. The van der Waals surface area contributed by atoms with Crippen molar-refractivity contribution in [3.63, 3.8) is 0 Å². The molecule has 0 radical (unpaired) electrons. The lowest BCUT2D eigenvalue weighted by Gasteiger charge is -2.29. The van der Waals surface area contributed by atoms with E-state index in [1.54, 1.807) is 11.0 Å². The first-order chi connectivity index (χ1) is 25.6. The van der Waals surface area contributed by atoms with Crippen LogP contribution in [0.25, 0.3) is 11.1 Å². The van der Waals surface area contributed by atoms with Crippen molar-refractivity contribution < 1.29 is 9.53 Å². The van der Waals surface area contributed by atoms with Crippen molar-refractivity contribution >= 4 is 95.5 Å². The minimum atomic E-state index is -0.245. The number of nitrogens with zero attached hydrogens (tertiary/aromatic N) is 3. The number of likely N-dealkylation sites (tertiary alicyclic amines) is 1. The molecule has 0 bridgehead atoms. The zero-order valence-corrected chi connectivity index (χ0v) is 35.4. The third kappa shape index (κ3) is 8.55. The molecular weight excluding hydrogens is 882 g/mol. The molecule has 0 saturated carbocycles. The summed E-state index contributed by atoms with van der Waals surface area (Å²) in [5.74, 6) is 0. The fourth-order valence-corrected chi connectivity index (χ4v) is 9.89. The van der Waals surface area contributed by atoms with Gasteiger partial charge in [0.25, 0.3) is 0 Å². The Hall–Kier alpha value is -2.43. The van der Waals surface area contributed by atoms with Crippen molar-refractivity contribution in [3.8, 4) is 0 Å². The summed E-state index contributed by atoms with van der Waals surface area (Å²) in [6.45, 7) is 5.48. The number of rotatable bonds is 1. The van der Waals surface area contributed by atoms with Gasteiger partial charge in [-0.2, -0.15) is 0 Å². The quantitative estimate of drug-likeness (QED) is 0.206. The van der Waals surface area contributed by atoms with E-state index in [0.717, 1.165) is 112 Å². The molecule has 4 aromatic rings. The zero-order chi connectivity index (χ0) is 37.2. The fourth-order valence-electron chi connectivity index (χ4n) is 7.87. The molecule has 2 saturated heterocycles.